The molecule has 0 bridgehead atoms. The molecule has 1 aromatic heterocycles. The number of benzene rings is 1. The molecule has 1 aromatic carbocycles. The van der Waals surface area contributed by atoms with E-state index in [4.69, 9.17) is 4.74 Å². The van der Waals surface area contributed by atoms with Gasteiger partial charge in [-0.05, 0) is 37.7 Å². The predicted octanol–water partition coefficient (Wildman–Crippen LogP) is 4.04. The second kappa shape index (κ2) is 9.19. The van der Waals surface area contributed by atoms with Crippen LogP contribution in [-0.4, -0.2) is 35.7 Å². The number of ether oxygens (including phenoxy) is 1. The van der Waals surface area contributed by atoms with Crippen LogP contribution in [0.1, 0.15) is 27.0 Å². The highest BCUT2D eigenvalue weighted by Crippen LogP contribution is 2.23. The van der Waals surface area contributed by atoms with Crippen molar-refractivity contribution in [3.63, 3.8) is 0 Å². The van der Waals surface area contributed by atoms with Gasteiger partial charge in [-0.15, -0.1) is 0 Å². The molecule has 0 N–H and O–H groups in total. The summed E-state index contributed by atoms with van der Waals surface area (Å²) in [6, 6.07) is 14.5. The highest BCUT2D eigenvalue weighted by Gasteiger charge is 2.09. The van der Waals surface area contributed by atoms with Gasteiger partial charge in [-0.25, -0.2) is 0 Å². The summed E-state index contributed by atoms with van der Waals surface area (Å²) in [6.45, 7) is 9.69. The van der Waals surface area contributed by atoms with Crippen LogP contribution in [0, 0.1) is 11.8 Å². The Morgan fingerprint density at radius 3 is 2.48 bits per heavy atom. The first kappa shape index (κ1) is 17.3. The number of hydrogen-bond acceptors (Lipinski definition) is 2. The summed E-state index contributed by atoms with van der Waals surface area (Å²) in [5.74, 6) is 6.29. The second-order valence-corrected chi connectivity index (χ2v) is 5.39. The number of aromatic nitrogens is 1. The van der Waals surface area contributed by atoms with Gasteiger partial charge in [0.1, 0.15) is 12.8 Å². The average Bonchev–Trinajstić information content (AvgIpc) is 3.08. The highest BCUT2D eigenvalue weighted by atomic mass is 16.5. The Balaban J connectivity index is 1.91. The van der Waals surface area contributed by atoms with Crippen LogP contribution >= 0.6 is 0 Å². The van der Waals surface area contributed by atoms with E-state index < -0.39 is 0 Å². The molecular weight excluding hydrogens is 284 g/mol. The lowest BCUT2D eigenvalue weighted by molar-refractivity contribution is 0.0396. The first-order chi connectivity index (χ1) is 11.3. The topological polar surface area (TPSA) is 17.4 Å². The van der Waals surface area contributed by atoms with E-state index in [0.29, 0.717) is 6.61 Å². The molecular formula is C20H26N2O. The summed E-state index contributed by atoms with van der Waals surface area (Å²) >= 11 is 0. The Kier molecular flexibility index (Phi) is 6.93. The van der Waals surface area contributed by atoms with Crippen molar-refractivity contribution in [2.45, 2.75) is 27.0 Å². The molecule has 2 aromatic rings. The van der Waals surface area contributed by atoms with E-state index in [9.17, 15) is 0 Å². The van der Waals surface area contributed by atoms with Gasteiger partial charge in [-0.2, -0.15) is 0 Å². The maximum atomic E-state index is 5.87. The van der Waals surface area contributed by atoms with E-state index >= 15 is 0 Å². The molecule has 0 saturated heterocycles. The van der Waals surface area contributed by atoms with Crippen LogP contribution in [0.15, 0.2) is 48.7 Å². The maximum absolute atomic E-state index is 5.87. The molecule has 0 aliphatic heterocycles. The van der Waals surface area contributed by atoms with Crippen LogP contribution in [-0.2, 0) is 4.74 Å². The van der Waals surface area contributed by atoms with Crippen molar-refractivity contribution in [2.24, 2.45) is 0 Å². The zero-order chi connectivity index (χ0) is 16.5. The van der Waals surface area contributed by atoms with Gasteiger partial charge in [0.2, 0.25) is 0 Å². The average molecular weight is 310 g/mol. The monoisotopic (exact) mass is 310 g/mol. The molecule has 122 valence electrons. The SMILES string of the molecule is CCN(CC)CC#CCO[C@@H](C)n1cccc1-c1ccccc1. The van der Waals surface area contributed by atoms with Gasteiger partial charge in [0, 0.05) is 6.20 Å². The summed E-state index contributed by atoms with van der Waals surface area (Å²) in [6.07, 6.45) is 2.01. The molecule has 3 heteroatoms. The van der Waals surface area contributed by atoms with Crippen LogP contribution in [0.2, 0.25) is 0 Å². The molecule has 1 atom stereocenters. The third kappa shape index (κ3) is 4.99. The summed E-state index contributed by atoms with van der Waals surface area (Å²) < 4.78 is 8.01. The van der Waals surface area contributed by atoms with E-state index in [1.54, 1.807) is 0 Å². The Bertz CT molecular complexity index is 632. The Labute approximate surface area is 139 Å². The molecule has 0 fully saturated rings. The first-order valence-electron chi connectivity index (χ1n) is 8.28. The Hall–Kier alpha value is -2.02. The van der Waals surface area contributed by atoms with E-state index in [2.05, 4.69) is 78.6 Å². The van der Waals surface area contributed by atoms with Gasteiger partial charge in [0.05, 0.1) is 12.2 Å². The van der Waals surface area contributed by atoms with Crippen molar-refractivity contribution in [3.05, 3.63) is 48.7 Å². The van der Waals surface area contributed by atoms with Crippen molar-refractivity contribution >= 4 is 0 Å². The minimum Gasteiger partial charge on any atom is -0.346 e. The number of hydrogen-bond donors (Lipinski definition) is 0. The standard InChI is InChI=1S/C20H26N2O/c1-4-21(5-2)15-9-10-17-23-18(3)22-16-11-14-20(22)19-12-7-6-8-13-19/h6-8,11-14,16,18H,4-5,15,17H2,1-3H3/t18-/m0/s1. The van der Waals surface area contributed by atoms with Gasteiger partial charge in [-0.3, -0.25) is 4.90 Å². The zero-order valence-corrected chi connectivity index (χ0v) is 14.3. The van der Waals surface area contributed by atoms with Crippen LogP contribution in [0.5, 0.6) is 0 Å². The van der Waals surface area contributed by atoms with Crippen molar-refractivity contribution in [1.29, 1.82) is 0 Å². The molecule has 0 amide bonds. The minimum atomic E-state index is -0.0389. The molecule has 23 heavy (non-hydrogen) atoms. The van der Waals surface area contributed by atoms with E-state index in [-0.39, 0.29) is 6.23 Å². The highest BCUT2D eigenvalue weighted by molar-refractivity contribution is 5.59. The molecule has 0 saturated carbocycles. The van der Waals surface area contributed by atoms with Gasteiger partial charge >= 0.3 is 0 Å². The molecule has 1 heterocycles. The van der Waals surface area contributed by atoms with Crippen molar-refractivity contribution in [2.75, 3.05) is 26.2 Å². The van der Waals surface area contributed by atoms with Gasteiger partial charge in [0.15, 0.2) is 0 Å². The lowest BCUT2D eigenvalue weighted by atomic mass is 10.1. The second-order valence-electron chi connectivity index (χ2n) is 5.39. The van der Waals surface area contributed by atoms with Gasteiger partial charge in [0.25, 0.3) is 0 Å². The molecule has 0 spiro atoms. The lowest BCUT2D eigenvalue weighted by Gasteiger charge is -2.17. The van der Waals surface area contributed by atoms with Crippen molar-refractivity contribution in [3.8, 4) is 23.1 Å². The van der Waals surface area contributed by atoms with E-state index in [1.165, 1.54) is 5.56 Å². The van der Waals surface area contributed by atoms with Crippen LogP contribution in [0.25, 0.3) is 11.3 Å². The fourth-order valence-corrected chi connectivity index (χ4v) is 2.47. The zero-order valence-electron chi connectivity index (χ0n) is 14.3. The molecule has 3 nitrogen and oxygen atoms in total. The van der Waals surface area contributed by atoms with Crippen molar-refractivity contribution in [1.82, 2.24) is 9.47 Å². The molecule has 2 rings (SSSR count). The third-order valence-corrected chi connectivity index (χ3v) is 3.96. The summed E-state index contributed by atoms with van der Waals surface area (Å²) in [5.41, 5.74) is 2.36. The Morgan fingerprint density at radius 2 is 1.78 bits per heavy atom. The largest absolute Gasteiger partial charge is 0.346 e. The normalized spacial score (nSPS) is 12.0. The number of nitrogens with zero attached hydrogens (tertiary/aromatic N) is 2. The van der Waals surface area contributed by atoms with Crippen LogP contribution in [0.3, 0.4) is 0 Å². The van der Waals surface area contributed by atoms with Gasteiger partial charge < -0.3 is 9.30 Å². The maximum Gasteiger partial charge on any atom is 0.132 e. The molecule has 0 aliphatic rings. The first-order valence-corrected chi connectivity index (χ1v) is 8.28. The van der Waals surface area contributed by atoms with E-state index in [0.717, 1.165) is 25.3 Å². The summed E-state index contributed by atoms with van der Waals surface area (Å²) in [4.78, 5) is 2.29. The third-order valence-electron chi connectivity index (χ3n) is 3.96. The smallest absolute Gasteiger partial charge is 0.132 e. The molecule has 0 unspecified atom stereocenters. The predicted molar refractivity (Wildman–Crippen MR) is 96.1 cm³/mol. The minimum absolute atomic E-state index is 0.0389. The van der Waals surface area contributed by atoms with Gasteiger partial charge in [-0.1, -0.05) is 56.0 Å². The fraction of sp³-hybridized carbons (Fsp3) is 0.400. The number of rotatable bonds is 7. The lowest BCUT2D eigenvalue weighted by Crippen LogP contribution is -2.22. The Morgan fingerprint density at radius 1 is 1.04 bits per heavy atom. The van der Waals surface area contributed by atoms with E-state index in [1.807, 2.05) is 12.1 Å². The van der Waals surface area contributed by atoms with Crippen molar-refractivity contribution < 1.29 is 4.74 Å². The summed E-state index contributed by atoms with van der Waals surface area (Å²) in [7, 11) is 0. The molecule has 0 radical (unpaired) electrons. The summed E-state index contributed by atoms with van der Waals surface area (Å²) in [5, 5.41) is 0. The quantitative estimate of drug-likeness (QED) is 0.718. The fourth-order valence-electron chi connectivity index (χ4n) is 2.47. The van der Waals surface area contributed by atoms with Crippen LogP contribution < -0.4 is 0 Å². The molecule has 0 aliphatic carbocycles. The van der Waals surface area contributed by atoms with Crippen LogP contribution in [0.4, 0.5) is 0 Å².